The number of carbonyl (C=O) groups excluding carboxylic acids is 1. The summed E-state index contributed by atoms with van der Waals surface area (Å²) in [5.74, 6) is -0.896. The smallest absolute Gasteiger partial charge is 0.367 e. The summed E-state index contributed by atoms with van der Waals surface area (Å²) >= 11 is 1.01. The van der Waals surface area contributed by atoms with Gasteiger partial charge in [-0.3, -0.25) is 5.11 Å². The van der Waals surface area contributed by atoms with Crippen LogP contribution in [-0.2, 0) is 9.84 Å². The van der Waals surface area contributed by atoms with E-state index < -0.39 is 5.97 Å². The number of rotatable bonds is 3. The Kier molecular flexibility index (Phi) is 3.04. The molecule has 1 rings (SSSR count). The van der Waals surface area contributed by atoms with Crippen molar-refractivity contribution in [3.8, 4) is 5.88 Å². The van der Waals surface area contributed by atoms with Gasteiger partial charge in [0.2, 0.25) is 5.01 Å². The minimum Gasteiger partial charge on any atom is -0.460 e. The summed E-state index contributed by atoms with van der Waals surface area (Å²) in [6.07, 6.45) is 0.765. The molecule has 0 saturated heterocycles. The highest BCUT2D eigenvalue weighted by atomic mass is 32.1. The summed E-state index contributed by atoms with van der Waals surface area (Å²) < 4.78 is 4.76. The van der Waals surface area contributed by atoms with Gasteiger partial charge >= 0.3 is 5.97 Å². The fourth-order valence-electron chi connectivity index (χ4n) is 0.609. The number of hydrogen-bond donors (Lipinski definition) is 0. The first-order valence-corrected chi connectivity index (χ1v) is 4.41. The molecule has 0 aliphatic carbocycles. The molecule has 65 valence electrons. The molecule has 1 aromatic heterocycles. The van der Waals surface area contributed by atoms with E-state index in [9.17, 15) is 9.90 Å². The van der Waals surface area contributed by atoms with Crippen LogP contribution < -0.4 is 0 Å². The molecule has 0 aliphatic heterocycles. The summed E-state index contributed by atoms with van der Waals surface area (Å²) in [5.41, 5.74) is 0. The van der Waals surface area contributed by atoms with E-state index in [2.05, 4.69) is 4.98 Å². The van der Waals surface area contributed by atoms with Gasteiger partial charge in [0.1, 0.15) is 0 Å². The summed E-state index contributed by atoms with van der Waals surface area (Å²) in [4.78, 5) is 14.5. The standard InChI is InChI=1S/C7H8NO3S/c1-2-3-11-7(10)6-8-5(9)4-12-6/h4H,2-3H2,1H3. The molecule has 0 saturated carbocycles. The molecule has 5 heteroatoms. The SMILES string of the molecule is CCCOC(=O)c1nc([O])cs1. The summed E-state index contributed by atoms with van der Waals surface area (Å²) in [5, 5.41) is 12.0. The third kappa shape index (κ3) is 2.20. The van der Waals surface area contributed by atoms with Crippen molar-refractivity contribution in [1.29, 1.82) is 0 Å². The van der Waals surface area contributed by atoms with Crippen molar-refractivity contribution in [2.75, 3.05) is 6.61 Å². The maximum Gasteiger partial charge on any atom is 0.367 e. The van der Waals surface area contributed by atoms with Crippen molar-refractivity contribution >= 4 is 17.3 Å². The zero-order chi connectivity index (χ0) is 8.97. The van der Waals surface area contributed by atoms with E-state index in [0.717, 1.165) is 17.8 Å². The Morgan fingerprint density at radius 2 is 2.50 bits per heavy atom. The van der Waals surface area contributed by atoms with Crippen molar-refractivity contribution in [2.24, 2.45) is 0 Å². The maximum absolute atomic E-state index is 11.0. The van der Waals surface area contributed by atoms with E-state index >= 15 is 0 Å². The molecule has 0 fully saturated rings. The lowest BCUT2D eigenvalue weighted by Gasteiger charge is -1.97. The first kappa shape index (κ1) is 8.99. The lowest BCUT2D eigenvalue weighted by Crippen LogP contribution is -2.04. The topological polar surface area (TPSA) is 59.1 Å². The van der Waals surface area contributed by atoms with Gasteiger partial charge in [-0.1, -0.05) is 6.92 Å². The molecule has 0 spiro atoms. The van der Waals surface area contributed by atoms with Crippen LogP contribution in [0.25, 0.3) is 0 Å². The van der Waals surface area contributed by atoms with E-state index in [0.29, 0.717) is 6.61 Å². The largest absolute Gasteiger partial charge is 0.460 e. The predicted molar refractivity (Wildman–Crippen MR) is 42.8 cm³/mol. The second kappa shape index (κ2) is 4.06. The zero-order valence-electron chi connectivity index (χ0n) is 6.57. The quantitative estimate of drug-likeness (QED) is 0.677. The van der Waals surface area contributed by atoms with Crippen LogP contribution in [0, 0.1) is 0 Å². The molecule has 1 heterocycles. The third-order valence-electron chi connectivity index (χ3n) is 1.10. The second-order valence-corrected chi connectivity index (χ2v) is 2.98. The normalized spacial score (nSPS) is 9.75. The first-order valence-electron chi connectivity index (χ1n) is 3.53. The Hall–Kier alpha value is -1.10. The van der Waals surface area contributed by atoms with E-state index in [-0.39, 0.29) is 10.9 Å². The van der Waals surface area contributed by atoms with Crippen molar-refractivity contribution in [3.63, 3.8) is 0 Å². The van der Waals surface area contributed by atoms with Crippen molar-refractivity contribution in [2.45, 2.75) is 13.3 Å². The third-order valence-corrected chi connectivity index (χ3v) is 1.90. The Morgan fingerprint density at radius 3 is 3.00 bits per heavy atom. The van der Waals surface area contributed by atoms with Crippen LogP contribution in [0.1, 0.15) is 23.1 Å². The summed E-state index contributed by atoms with van der Waals surface area (Å²) in [6, 6.07) is 0. The van der Waals surface area contributed by atoms with Crippen LogP contribution in [-0.4, -0.2) is 17.6 Å². The highest BCUT2D eigenvalue weighted by Crippen LogP contribution is 2.15. The van der Waals surface area contributed by atoms with Crippen LogP contribution in [0.3, 0.4) is 0 Å². The fourth-order valence-corrected chi connectivity index (χ4v) is 1.17. The number of carbonyl (C=O) groups is 1. The second-order valence-electron chi connectivity index (χ2n) is 2.13. The molecule has 0 amide bonds. The number of thiazole rings is 1. The van der Waals surface area contributed by atoms with Crippen molar-refractivity contribution in [3.05, 3.63) is 10.4 Å². The van der Waals surface area contributed by atoms with Crippen molar-refractivity contribution in [1.82, 2.24) is 4.98 Å². The summed E-state index contributed by atoms with van der Waals surface area (Å²) in [7, 11) is 0. The Bertz CT molecular complexity index is 271. The Morgan fingerprint density at radius 1 is 1.75 bits per heavy atom. The lowest BCUT2D eigenvalue weighted by molar-refractivity contribution is 0.0503. The summed E-state index contributed by atoms with van der Waals surface area (Å²) in [6.45, 7) is 2.26. The molecule has 0 N–H and O–H groups in total. The van der Waals surface area contributed by atoms with Crippen molar-refractivity contribution < 1.29 is 14.6 Å². The maximum atomic E-state index is 11.0. The Labute approximate surface area is 73.8 Å². The van der Waals surface area contributed by atoms with Crippen LogP contribution in [0.4, 0.5) is 0 Å². The molecular weight excluding hydrogens is 178 g/mol. The van der Waals surface area contributed by atoms with E-state index in [1.807, 2.05) is 6.92 Å². The van der Waals surface area contributed by atoms with Gasteiger partial charge < -0.3 is 4.74 Å². The monoisotopic (exact) mass is 186 g/mol. The van der Waals surface area contributed by atoms with Gasteiger partial charge in [-0.25, -0.2) is 4.79 Å². The van der Waals surface area contributed by atoms with Crippen LogP contribution in [0.15, 0.2) is 5.38 Å². The molecule has 0 aliphatic rings. The van der Waals surface area contributed by atoms with Crippen LogP contribution >= 0.6 is 11.3 Å². The van der Waals surface area contributed by atoms with Gasteiger partial charge in [-0.05, 0) is 6.42 Å². The molecule has 0 aromatic carbocycles. The minimum atomic E-state index is -0.510. The highest BCUT2D eigenvalue weighted by molar-refractivity contribution is 7.11. The minimum absolute atomic E-state index is 0.133. The molecule has 0 unspecified atom stereocenters. The molecule has 4 nitrogen and oxygen atoms in total. The van der Waals surface area contributed by atoms with E-state index in [4.69, 9.17) is 4.74 Å². The van der Waals surface area contributed by atoms with Crippen LogP contribution in [0.5, 0.6) is 5.88 Å². The molecular formula is C7H8NO3S. The average Bonchev–Trinajstić information content (AvgIpc) is 2.47. The van der Waals surface area contributed by atoms with Gasteiger partial charge in [0.05, 0.1) is 12.0 Å². The number of nitrogens with zero attached hydrogens (tertiary/aromatic N) is 1. The molecule has 12 heavy (non-hydrogen) atoms. The fraction of sp³-hybridized carbons (Fsp3) is 0.429. The molecule has 1 aromatic rings. The predicted octanol–water partition coefficient (Wildman–Crippen LogP) is 1.85. The Balaban J connectivity index is 2.53. The number of aromatic nitrogens is 1. The van der Waals surface area contributed by atoms with Gasteiger partial charge in [0, 0.05) is 0 Å². The average molecular weight is 186 g/mol. The highest BCUT2D eigenvalue weighted by Gasteiger charge is 2.11. The van der Waals surface area contributed by atoms with Gasteiger partial charge in [0.15, 0.2) is 0 Å². The molecule has 0 atom stereocenters. The molecule has 0 bridgehead atoms. The lowest BCUT2D eigenvalue weighted by atomic mass is 10.5. The van der Waals surface area contributed by atoms with Gasteiger partial charge in [-0.15, -0.1) is 11.3 Å². The number of ether oxygens (including phenoxy) is 1. The van der Waals surface area contributed by atoms with E-state index in [1.165, 1.54) is 5.38 Å². The van der Waals surface area contributed by atoms with Gasteiger partial charge in [0.25, 0.3) is 5.88 Å². The first-order chi connectivity index (χ1) is 5.74. The zero-order valence-corrected chi connectivity index (χ0v) is 7.39. The number of esters is 1. The van der Waals surface area contributed by atoms with Crippen LogP contribution in [0.2, 0.25) is 0 Å². The van der Waals surface area contributed by atoms with E-state index in [1.54, 1.807) is 0 Å². The molecule has 1 radical (unpaired) electrons. The van der Waals surface area contributed by atoms with Gasteiger partial charge in [-0.2, -0.15) is 4.98 Å². The number of hydrogen-bond acceptors (Lipinski definition) is 4.